The predicted octanol–water partition coefficient (Wildman–Crippen LogP) is 1.62. The van der Waals surface area contributed by atoms with Crippen molar-refractivity contribution in [2.24, 2.45) is 13.0 Å². The molecule has 0 atom stereocenters. The van der Waals surface area contributed by atoms with Crippen LogP contribution in [0.2, 0.25) is 0 Å². The van der Waals surface area contributed by atoms with Crippen molar-refractivity contribution in [2.45, 2.75) is 38.6 Å². The zero-order chi connectivity index (χ0) is 11.4. The van der Waals surface area contributed by atoms with Gasteiger partial charge in [0, 0.05) is 25.4 Å². The van der Waals surface area contributed by atoms with Crippen LogP contribution in [-0.2, 0) is 18.4 Å². The maximum atomic E-state index is 11.9. The van der Waals surface area contributed by atoms with Crippen molar-refractivity contribution in [1.82, 2.24) is 14.9 Å². The number of aromatic nitrogens is 2. The number of aryl methyl sites for hydroxylation is 1. The van der Waals surface area contributed by atoms with Crippen molar-refractivity contribution in [1.29, 1.82) is 0 Å². The van der Waals surface area contributed by atoms with E-state index in [0.29, 0.717) is 6.54 Å². The van der Waals surface area contributed by atoms with Crippen molar-refractivity contribution in [3.05, 3.63) is 18.2 Å². The number of rotatable bonds is 3. The van der Waals surface area contributed by atoms with Crippen LogP contribution < -0.4 is 5.32 Å². The van der Waals surface area contributed by atoms with Crippen molar-refractivity contribution >= 4 is 5.91 Å². The number of nitrogens with zero attached hydrogens (tertiary/aromatic N) is 2. The van der Waals surface area contributed by atoms with E-state index in [9.17, 15) is 4.79 Å². The van der Waals surface area contributed by atoms with E-state index in [1.54, 1.807) is 6.20 Å². The number of carbonyl (C=O) groups excluding carboxylic acids is 1. The van der Waals surface area contributed by atoms with Gasteiger partial charge in [0.2, 0.25) is 5.91 Å². The van der Waals surface area contributed by atoms with Gasteiger partial charge in [0.25, 0.3) is 0 Å². The second-order valence-corrected chi connectivity index (χ2v) is 4.51. The molecule has 0 aromatic carbocycles. The second kappa shape index (κ2) is 5.14. The number of hydrogen-bond acceptors (Lipinski definition) is 2. The molecule has 1 amide bonds. The summed E-state index contributed by atoms with van der Waals surface area (Å²) < 4.78 is 1.93. The van der Waals surface area contributed by atoms with E-state index in [1.165, 1.54) is 19.3 Å². The van der Waals surface area contributed by atoms with E-state index in [0.717, 1.165) is 18.7 Å². The standard InChI is InChI=1S/C12H19N3O/c1-15-8-7-13-11(15)9-14-12(16)10-5-3-2-4-6-10/h7-8,10H,2-6,9H2,1H3,(H,14,16). The molecule has 16 heavy (non-hydrogen) atoms. The first-order valence-electron chi connectivity index (χ1n) is 6.01. The predicted molar refractivity (Wildman–Crippen MR) is 61.6 cm³/mol. The largest absolute Gasteiger partial charge is 0.349 e. The normalized spacial score (nSPS) is 17.3. The third-order valence-electron chi connectivity index (χ3n) is 3.32. The quantitative estimate of drug-likeness (QED) is 0.843. The molecular formula is C12H19N3O. The Morgan fingerprint density at radius 3 is 2.88 bits per heavy atom. The Labute approximate surface area is 96.1 Å². The number of hydrogen-bond donors (Lipinski definition) is 1. The SMILES string of the molecule is Cn1ccnc1CNC(=O)C1CCCCC1. The van der Waals surface area contributed by atoms with Gasteiger partial charge in [-0.3, -0.25) is 4.79 Å². The van der Waals surface area contributed by atoms with Crippen LogP contribution >= 0.6 is 0 Å². The highest BCUT2D eigenvalue weighted by atomic mass is 16.1. The minimum atomic E-state index is 0.197. The second-order valence-electron chi connectivity index (χ2n) is 4.51. The van der Waals surface area contributed by atoms with Crippen LogP contribution in [0, 0.1) is 5.92 Å². The summed E-state index contributed by atoms with van der Waals surface area (Å²) >= 11 is 0. The van der Waals surface area contributed by atoms with Gasteiger partial charge in [-0.1, -0.05) is 19.3 Å². The average Bonchev–Trinajstić information content (AvgIpc) is 2.73. The van der Waals surface area contributed by atoms with Crippen LogP contribution in [0.3, 0.4) is 0 Å². The Balaban J connectivity index is 1.81. The van der Waals surface area contributed by atoms with Gasteiger partial charge in [0.15, 0.2) is 0 Å². The van der Waals surface area contributed by atoms with Gasteiger partial charge in [0.05, 0.1) is 6.54 Å². The van der Waals surface area contributed by atoms with Crippen LogP contribution in [-0.4, -0.2) is 15.5 Å². The molecule has 0 saturated heterocycles. The molecule has 4 heteroatoms. The maximum Gasteiger partial charge on any atom is 0.223 e. The van der Waals surface area contributed by atoms with E-state index in [4.69, 9.17) is 0 Å². The number of carbonyl (C=O) groups is 1. The molecular weight excluding hydrogens is 202 g/mol. The minimum Gasteiger partial charge on any atom is -0.349 e. The molecule has 1 heterocycles. The van der Waals surface area contributed by atoms with E-state index < -0.39 is 0 Å². The van der Waals surface area contributed by atoms with Crippen LogP contribution in [0.15, 0.2) is 12.4 Å². The third-order valence-corrected chi connectivity index (χ3v) is 3.32. The Kier molecular flexibility index (Phi) is 3.59. The average molecular weight is 221 g/mol. The first kappa shape index (κ1) is 11.2. The molecule has 1 saturated carbocycles. The first-order chi connectivity index (χ1) is 7.77. The van der Waals surface area contributed by atoms with E-state index >= 15 is 0 Å². The van der Waals surface area contributed by atoms with E-state index in [-0.39, 0.29) is 11.8 Å². The van der Waals surface area contributed by atoms with Crippen LogP contribution in [0.25, 0.3) is 0 Å². The van der Waals surface area contributed by atoms with Crippen molar-refractivity contribution in [3.8, 4) is 0 Å². The lowest BCUT2D eigenvalue weighted by Crippen LogP contribution is -2.32. The molecule has 0 bridgehead atoms. The molecule has 2 rings (SSSR count). The van der Waals surface area contributed by atoms with Gasteiger partial charge >= 0.3 is 0 Å². The Hall–Kier alpha value is -1.32. The minimum absolute atomic E-state index is 0.197. The van der Waals surface area contributed by atoms with Gasteiger partial charge in [-0.25, -0.2) is 4.98 Å². The zero-order valence-corrected chi connectivity index (χ0v) is 9.78. The van der Waals surface area contributed by atoms with Crippen molar-refractivity contribution < 1.29 is 4.79 Å². The lowest BCUT2D eigenvalue weighted by atomic mass is 9.89. The summed E-state index contributed by atoms with van der Waals surface area (Å²) in [5, 5.41) is 2.97. The zero-order valence-electron chi connectivity index (χ0n) is 9.78. The summed E-state index contributed by atoms with van der Waals surface area (Å²) in [6.07, 6.45) is 9.41. The van der Waals surface area contributed by atoms with Crippen LogP contribution in [0.1, 0.15) is 37.9 Å². The van der Waals surface area contributed by atoms with Gasteiger partial charge in [-0.05, 0) is 12.8 Å². The molecule has 0 spiro atoms. The van der Waals surface area contributed by atoms with Crippen LogP contribution in [0.4, 0.5) is 0 Å². The molecule has 0 radical (unpaired) electrons. The monoisotopic (exact) mass is 221 g/mol. The van der Waals surface area contributed by atoms with E-state index in [1.807, 2.05) is 17.8 Å². The molecule has 88 valence electrons. The Morgan fingerprint density at radius 2 is 2.25 bits per heavy atom. The summed E-state index contributed by atoms with van der Waals surface area (Å²) in [5.41, 5.74) is 0. The fourth-order valence-corrected chi connectivity index (χ4v) is 2.24. The lowest BCUT2D eigenvalue weighted by molar-refractivity contribution is -0.126. The van der Waals surface area contributed by atoms with Gasteiger partial charge in [-0.2, -0.15) is 0 Å². The van der Waals surface area contributed by atoms with Crippen molar-refractivity contribution in [3.63, 3.8) is 0 Å². The van der Waals surface area contributed by atoms with Gasteiger partial charge in [-0.15, -0.1) is 0 Å². The summed E-state index contributed by atoms with van der Waals surface area (Å²) in [6, 6.07) is 0. The molecule has 1 aromatic rings. The molecule has 0 aliphatic heterocycles. The molecule has 1 aliphatic rings. The van der Waals surface area contributed by atoms with E-state index in [2.05, 4.69) is 10.3 Å². The summed E-state index contributed by atoms with van der Waals surface area (Å²) in [7, 11) is 1.94. The van der Waals surface area contributed by atoms with Gasteiger partial charge in [0.1, 0.15) is 5.82 Å². The number of nitrogens with one attached hydrogen (secondary N) is 1. The first-order valence-corrected chi connectivity index (χ1v) is 6.01. The maximum absolute atomic E-state index is 11.9. The fraction of sp³-hybridized carbons (Fsp3) is 0.667. The fourth-order valence-electron chi connectivity index (χ4n) is 2.24. The lowest BCUT2D eigenvalue weighted by Gasteiger charge is -2.20. The highest BCUT2D eigenvalue weighted by Crippen LogP contribution is 2.23. The Morgan fingerprint density at radius 1 is 1.50 bits per heavy atom. The smallest absolute Gasteiger partial charge is 0.223 e. The molecule has 1 N–H and O–H groups in total. The third kappa shape index (κ3) is 2.62. The summed E-state index contributed by atoms with van der Waals surface area (Å²) in [5.74, 6) is 1.33. The number of imidazole rings is 1. The molecule has 1 aliphatic carbocycles. The molecule has 1 fully saturated rings. The molecule has 4 nitrogen and oxygen atoms in total. The summed E-state index contributed by atoms with van der Waals surface area (Å²) in [4.78, 5) is 16.0. The molecule has 0 unspecified atom stereocenters. The molecule has 1 aromatic heterocycles. The highest BCUT2D eigenvalue weighted by molar-refractivity contribution is 5.78. The van der Waals surface area contributed by atoms with Crippen molar-refractivity contribution in [2.75, 3.05) is 0 Å². The van der Waals surface area contributed by atoms with Crippen LogP contribution in [0.5, 0.6) is 0 Å². The topological polar surface area (TPSA) is 46.9 Å². The highest BCUT2D eigenvalue weighted by Gasteiger charge is 2.20. The number of amides is 1. The van der Waals surface area contributed by atoms with Gasteiger partial charge < -0.3 is 9.88 Å². The Bertz CT molecular complexity index is 353. The summed E-state index contributed by atoms with van der Waals surface area (Å²) in [6.45, 7) is 0.541.